The summed E-state index contributed by atoms with van der Waals surface area (Å²) in [6.07, 6.45) is 13.0. The lowest BCUT2D eigenvalue weighted by Crippen LogP contribution is -2.53. The molecule has 0 saturated heterocycles. The van der Waals surface area contributed by atoms with Crippen molar-refractivity contribution in [2.75, 3.05) is 46.4 Å². The first-order chi connectivity index (χ1) is 38.6. The quantitative estimate of drug-likeness (QED) is 0.0482. The number of fused-ring (bicyclic) bond motifs is 4. The van der Waals surface area contributed by atoms with Crippen LogP contribution in [0.25, 0.3) is 11.1 Å². The van der Waals surface area contributed by atoms with Crippen molar-refractivity contribution in [3.05, 3.63) is 120 Å². The predicted molar refractivity (Wildman–Crippen MR) is 300 cm³/mol. The topological polar surface area (TPSA) is 236 Å². The zero-order valence-electron chi connectivity index (χ0n) is 45.5. The van der Waals surface area contributed by atoms with Crippen LogP contribution in [0.4, 0.5) is 17.1 Å². The molecule has 4 atom stereocenters. The lowest BCUT2D eigenvalue weighted by atomic mass is 10.0. The van der Waals surface area contributed by atoms with Crippen LogP contribution in [0.1, 0.15) is 97.6 Å². The number of hydrogen-bond donors (Lipinski definition) is 3. The third kappa shape index (κ3) is 12.4. The Bertz CT molecular complexity index is 3240. The molecular weight excluding hydrogens is 1020 g/mol. The molecule has 0 spiro atoms. The number of ether oxygens (including phenoxy) is 5. The van der Waals surface area contributed by atoms with E-state index in [0.717, 1.165) is 32.9 Å². The molecule has 0 radical (unpaired) electrons. The van der Waals surface area contributed by atoms with Gasteiger partial charge in [0.15, 0.2) is 23.0 Å². The van der Waals surface area contributed by atoms with Crippen molar-refractivity contribution in [1.82, 2.24) is 25.3 Å². The van der Waals surface area contributed by atoms with E-state index in [2.05, 4.69) is 16.0 Å². The van der Waals surface area contributed by atoms with Crippen molar-refractivity contribution < 1.29 is 57.2 Å². The molecule has 7 amide bonds. The maximum atomic E-state index is 14.2. The van der Waals surface area contributed by atoms with Gasteiger partial charge in [-0.15, -0.1) is 0 Å². The number of carbonyl (C=O) groups excluding carboxylic acids is 7. The van der Waals surface area contributed by atoms with Gasteiger partial charge in [0.05, 0.1) is 69.1 Å². The zero-order valence-corrected chi connectivity index (χ0v) is 45.5. The molecule has 0 aromatic heterocycles. The Morgan fingerprint density at radius 2 is 1.20 bits per heavy atom. The summed E-state index contributed by atoms with van der Waals surface area (Å²) >= 11 is 0. The first-order valence-electron chi connectivity index (χ1n) is 26.7. The third-order valence-corrected chi connectivity index (χ3v) is 14.4. The van der Waals surface area contributed by atoms with E-state index < -0.39 is 29.9 Å². The molecule has 4 aromatic carbocycles. The first-order valence-corrected chi connectivity index (χ1v) is 26.7. The molecule has 20 heteroatoms. The molecule has 20 nitrogen and oxygen atoms in total. The van der Waals surface area contributed by atoms with Gasteiger partial charge in [0.25, 0.3) is 23.6 Å². The highest BCUT2D eigenvalue weighted by atomic mass is 16.5. The Morgan fingerprint density at radius 1 is 0.625 bits per heavy atom. The summed E-state index contributed by atoms with van der Waals surface area (Å²) in [5, 5.41) is 8.39. The second-order valence-corrected chi connectivity index (χ2v) is 20.2. The first kappa shape index (κ1) is 55.7. The summed E-state index contributed by atoms with van der Waals surface area (Å²) in [6, 6.07) is 19.2. The lowest BCUT2D eigenvalue weighted by Gasteiger charge is -2.24. The number of methoxy groups -OCH3 is 3. The molecule has 9 rings (SSSR count). The van der Waals surface area contributed by atoms with Crippen molar-refractivity contribution in [3.8, 4) is 28.7 Å². The minimum absolute atomic E-state index is 0.156. The van der Waals surface area contributed by atoms with Crippen LogP contribution in [-0.4, -0.2) is 134 Å². The summed E-state index contributed by atoms with van der Waals surface area (Å²) in [5.74, 6) is -0.363. The fourth-order valence-electron chi connectivity index (χ4n) is 9.95. The Balaban J connectivity index is 0.754. The number of benzene rings is 4. The fraction of sp³-hybridized carbons (Fsp3) is 0.350. The van der Waals surface area contributed by atoms with Gasteiger partial charge >= 0.3 is 0 Å². The highest BCUT2D eigenvalue weighted by Gasteiger charge is 2.36. The molecule has 0 bridgehead atoms. The highest BCUT2D eigenvalue weighted by molar-refractivity contribution is 6.13. The fourth-order valence-corrected chi connectivity index (χ4v) is 9.95. The minimum Gasteiger partial charge on any atom is -0.497 e. The van der Waals surface area contributed by atoms with Crippen molar-refractivity contribution in [1.29, 1.82) is 0 Å². The van der Waals surface area contributed by atoms with Crippen LogP contribution in [-0.2, 0) is 24.0 Å². The number of nitrogens with zero attached hydrogens (tertiary/aromatic N) is 5. The molecular formula is C60H64N8O12. The second kappa shape index (κ2) is 24.7. The summed E-state index contributed by atoms with van der Waals surface area (Å²) in [4.78, 5) is 105. The molecule has 416 valence electrons. The van der Waals surface area contributed by atoms with Crippen LogP contribution >= 0.6 is 0 Å². The highest BCUT2D eigenvalue weighted by Crippen LogP contribution is 2.42. The molecule has 0 aliphatic carbocycles. The Labute approximate surface area is 463 Å². The van der Waals surface area contributed by atoms with Crippen LogP contribution in [0.2, 0.25) is 0 Å². The Morgan fingerprint density at radius 3 is 1.75 bits per heavy atom. The van der Waals surface area contributed by atoms with Gasteiger partial charge in [-0.3, -0.25) is 48.4 Å². The second-order valence-electron chi connectivity index (χ2n) is 20.2. The van der Waals surface area contributed by atoms with E-state index in [4.69, 9.17) is 33.7 Å². The summed E-state index contributed by atoms with van der Waals surface area (Å²) in [6.45, 7) is 5.92. The van der Waals surface area contributed by atoms with Crippen LogP contribution in [0.5, 0.6) is 28.7 Å². The van der Waals surface area contributed by atoms with Crippen molar-refractivity contribution in [2.45, 2.75) is 89.9 Å². The smallest absolute Gasteiger partial charge is 0.260 e. The molecule has 0 saturated carbocycles. The van der Waals surface area contributed by atoms with Crippen LogP contribution in [0.15, 0.2) is 107 Å². The van der Waals surface area contributed by atoms with Crippen LogP contribution in [0, 0.1) is 5.92 Å². The average Bonchev–Trinajstić information content (AvgIpc) is 4.18. The van der Waals surface area contributed by atoms with Gasteiger partial charge in [0, 0.05) is 87.0 Å². The van der Waals surface area contributed by atoms with Gasteiger partial charge < -0.3 is 49.4 Å². The molecule has 4 aromatic rings. The summed E-state index contributed by atoms with van der Waals surface area (Å²) < 4.78 is 29.0. The van der Waals surface area contributed by atoms with E-state index in [-0.39, 0.29) is 67.7 Å². The largest absolute Gasteiger partial charge is 0.497 e. The zero-order chi connectivity index (χ0) is 56.6. The monoisotopic (exact) mass is 1090 g/mol. The number of hydrogen-bond acceptors (Lipinski definition) is 14. The van der Waals surface area contributed by atoms with Gasteiger partial charge in [-0.2, -0.15) is 0 Å². The number of imide groups is 1. The van der Waals surface area contributed by atoms with Crippen LogP contribution in [0.3, 0.4) is 0 Å². The standard InChI is InChI=1S/C60H64N8O12/c1-35(2)56(65-53(69)14-8-7-9-21-66-54(70)19-20-55(66)71)58(73)63-36(3)57(72)64-41-13-10-12-38(24-41)40-26-43-32-62-48-30-52(50(78-6)28-46(48)60(75)68(43)34-40)80-23-11-22-79-51-29-47-45(27-49(51)77-5)59(74)67-33-39(25-42(67)31-61-47)37-15-17-44(76-4)18-16-37/h10,12-13,15-20,24,27-36,42-43,56H,7-9,11,14,21-23,25-26H2,1-6H3,(H,63,73)(H,64,72)(H,65,69)/t36-,42-,43?,56-/m0/s1. The number of unbranched alkanes of at least 4 members (excludes halogenated alkanes) is 2. The Hall–Kier alpha value is -9.07. The third-order valence-electron chi connectivity index (χ3n) is 14.4. The van der Waals surface area contributed by atoms with E-state index in [1.54, 1.807) is 98.8 Å². The number of anilines is 1. The van der Waals surface area contributed by atoms with E-state index in [1.165, 1.54) is 26.4 Å². The van der Waals surface area contributed by atoms with E-state index >= 15 is 0 Å². The van der Waals surface area contributed by atoms with Crippen LogP contribution < -0.4 is 39.6 Å². The van der Waals surface area contributed by atoms with E-state index in [1.807, 2.05) is 36.5 Å². The Kier molecular flexibility index (Phi) is 17.2. The van der Waals surface area contributed by atoms with E-state index in [0.29, 0.717) is 89.7 Å². The maximum absolute atomic E-state index is 14.2. The maximum Gasteiger partial charge on any atom is 0.260 e. The summed E-state index contributed by atoms with van der Waals surface area (Å²) in [5.41, 5.74) is 5.77. The molecule has 0 fully saturated rings. The molecule has 5 aliphatic rings. The number of carbonyl (C=O) groups is 7. The lowest BCUT2D eigenvalue weighted by molar-refractivity contribution is -0.137. The van der Waals surface area contributed by atoms with Gasteiger partial charge in [0.1, 0.15) is 17.8 Å². The molecule has 80 heavy (non-hydrogen) atoms. The number of nitrogens with one attached hydrogen (secondary N) is 3. The predicted octanol–water partition coefficient (Wildman–Crippen LogP) is 7.57. The van der Waals surface area contributed by atoms with Gasteiger partial charge in [0.2, 0.25) is 17.7 Å². The average molecular weight is 1090 g/mol. The molecule has 3 N–H and O–H groups in total. The minimum atomic E-state index is -0.949. The summed E-state index contributed by atoms with van der Waals surface area (Å²) in [7, 11) is 4.64. The van der Waals surface area contributed by atoms with Gasteiger partial charge in [-0.1, -0.05) is 44.5 Å². The van der Waals surface area contributed by atoms with Gasteiger partial charge in [-0.25, -0.2) is 0 Å². The molecule has 1 unspecified atom stereocenters. The number of aliphatic imine (C=N–C) groups is 2. The molecule has 5 heterocycles. The van der Waals surface area contributed by atoms with E-state index in [9.17, 15) is 33.6 Å². The normalized spacial score (nSPS) is 17.6. The SMILES string of the molecule is COc1ccc(C2=CN3C(=O)c4cc(OC)c(OCCCOc5cc6c(cc5OC)C(=O)N5C=C(c7cccc(NC(=O)[C@H](C)NC(=O)[C@@H](NC(=O)CCCCCN8C(=O)C=CC8=O)C(C)C)c7)CC5C=N6)cc4N=C[C@@H]3C2)cc1. The van der Waals surface area contributed by atoms with Crippen molar-refractivity contribution in [3.63, 3.8) is 0 Å². The number of rotatable bonds is 23. The molecule has 5 aliphatic heterocycles. The van der Waals surface area contributed by atoms with Gasteiger partial charge in [-0.05, 0) is 84.4 Å². The van der Waals surface area contributed by atoms with Crippen molar-refractivity contribution in [2.24, 2.45) is 15.9 Å². The number of amides is 7. The van der Waals surface area contributed by atoms with Crippen molar-refractivity contribution >= 4 is 82.0 Å².